The fourth-order valence-corrected chi connectivity index (χ4v) is 6.99. The predicted molar refractivity (Wildman–Crippen MR) is 127 cm³/mol. The Bertz CT molecular complexity index is 1310. The summed E-state index contributed by atoms with van der Waals surface area (Å²) in [7, 11) is -3.68. The molecular formula is C22H23ClN4O4S2. The van der Waals surface area contributed by atoms with Gasteiger partial charge in [0.05, 0.1) is 21.5 Å². The molecule has 2 aliphatic rings. The molecule has 1 saturated heterocycles. The van der Waals surface area contributed by atoms with Gasteiger partial charge in [-0.1, -0.05) is 23.7 Å². The summed E-state index contributed by atoms with van der Waals surface area (Å²) in [6, 6.07) is 10.3. The van der Waals surface area contributed by atoms with Gasteiger partial charge in [0.2, 0.25) is 10.0 Å². The molecule has 11 heteroatoms. The molecule has 1 fully saturated rings. The van der Waals surface area contributed by atoms with Crippen LogP contribution in [0.25, 0.3) is 10.8 Å². The van der Waals surface area contributed by atoms with Gasteiger partial charge in [-0.25, -0.2) is 13.4 Å². The summed E-state index contributed by atoms with van der Waals surface area (Å²) >= 11 is 7.30. The van der Waals surface area contributed by atoms with Crippen molar-refractivity contribution in [3.63, 3.8) is 0 Å². The topological polar surface area (TPSA) is 98.1 Å². The highest BCUT2D eigenvalue weighted by molar-refractivity contribution is 7.89. The smallest absolute Gasteiger partial charge is 0.282 e. The number of carbonyl (C=O) groups is 1. The Hall–Kier alpha value is -2.08. The Morgan fingerprint density at radius 1 is 1.15 bits per heavy atom. The molecule has 0 saturated carbocycles. The van der Waals surface area contributed by atoms with Gasteiger partial charge >= 0.3 is 0 Å². The van der Waals surface area contributed by atoms with Crippen LogP contribution in [0.5, 0.6) is 0 Å². The third-order valence-electron chi connectivity index (χ3n) is 6.28. The van der Waals surface area contributed by atoms with Crippen LogP contribution in [0.3, 0.4) is 0 Å². The molecule has 1 amide bonds. The summed E-state index contributed by atoms with van der Waals surface area (Å²) in [5.41, 5.74) is 0.842. The van der Waals surface area contributed by atoms with E-state index < -0.39 is 10.0 Å². The Morgan fingerprint density at radius 3 is 2.61 bits per heavy atom. The van der Waals surface area contributed by atoms with Crippen molar-refractivity contribution in [1.29, 1.82) is 0 Å². The van der Waals surface area contributed by atoms with Crippen LogP contribution >= 0.6 is 22.9 Å². The summed E-state index contributed by atoms with van der Waals surface area (Å²) in [4.78, 5) is 20.2. The molecule has 0 bridgehead atoms. The van der Waals surface area contributed by atoms with Gasteiger partial charge in [-0.2, -0.15) is 4.31 Å². The van der Waals surface area contributed by atoms with Crippen LogP contribution < -0.4 is 5.06 Å². The van der Waals surface area contributed by atoms with Crippen molar-refractivity contribution in [2.45, 2.75) is 30.8 Å². The fourth-order valence-electron chi connectivity index (χ4n) is 4.28. The molecule has 1 aromatic heterocycles. The van der Waals surface area contributed by atoms with Crippen LogP contribution in [-0.4, -0.2) is 60.7 Å². The number of sulfonamides is 1. The SMILES string of the molecule is CC1Cc2nc(C(=O)N3CCN(S(=O)(=O)c4ccc5cc(Cl)ccc5c4)CC3)sc2C[NH+]1[O-]. The summed E-state index contributed by atoms with van der Waals surface area (Å²) in [5.74, 6) is -0.200. The second kappa shape index (κ2) is 8.61. The maximum absolute atomic E-state index is 13.2. The van der Waals surface area contributed by atoms with Gasteiger partial charge < -0.3 is 15.2 Å². The first kappa shape index (κ1) is 22.7. The highest BCUT2D eigenvalue weighted by Crippen LogP contribution is 2.26. The molecule has 2 unspecified atom stereocenters. The van der Waals surface area contributed by atoms with Crippen molar-refractivity contribution in [1.82, 2.24) is 14.2 Å². The number of carbonyl (C=O) groups excluding carboxylic acids is 1. The minimum atomic E-state index is -3.68. The van der Waals surface area contributed by atoms with Crippen molar-refractivity contribution >= 4 is 49.6 Å². The second-order valence-electron chi connectivity index (χ2n) is 8.49. The number of halogens is 1. The van der Waals surface area contributed by atoms with Gasteiger partial charge in [0.1, 0.15) is 6.54 Å². The third-order valence-corrected chi connectivity index (χ3v) is 9.50. The standard InChI is InChI=1S/C22H23ClN4O4S2/c1-14-10-19-20(13-27(14)29)32-21(24-19)22(28)25-6-8-26(9-7-25)33(30,31)18-5-3-15-11-17(23)4-2-16(15)12-18/h2-5,11-12,14,27H,6-10,13H2,1H3. The number of fused-ring (bicyclic) bond motifs is 2. The van der Waals surface area contributed by atoms with Crippen LogP contribution in [0, 0.1) is 5.21 Å². The number of hydrogen-bond acceptors (Lipinski definition) is 6. The monoisotopic (exact) mass is 506 g/mol. The summed E-state index contributed by atoms with van der Waals surface area (Å²) in [6.07, 6.45) is 0.571. The number of aromatic nitrogens is 1. The molecule has 0 aliphatic carbocycles. The number of nitrogens with zero attached hydrogens (tertiary/aromatic N) is 3. The lowest BCUT2D eigenvalue weighted by atomic mass is 10.1. The molecule has 2 aliphatic heterocycles. The molecule has 8 nitrogen and oxygen atoms in total. The van der Waals surface area contributed by atoms with E-state index >= 15 is 0 Å². The number of quaternary nitrogens is 1. The zero-order chi connectivity index (χ0) is 23.3. The molecular weight excluding hydrogens is 484 g/mol. The van der Waals surface area contributed by atoms with Gasteiger partial charge in [-0.3, -0.25) is 4.79 Å². The lowest BCUT2D eigenvalue weighted by molar-refractivity contribution is -0.889. The van der Waals surface area contributed by atoms with Gasteiger partial charge in [-0.15, -0.1) is 11.3 Å². The molecule has 3 aromatic rings. The minimum absolute atomic E-state index is 0.0663. The van der Waals surface area contributed by atoms with E-state index in [-0.39, 0.29) is 35.0 Å². The Kier molecular flexibility index (Phi) is 5.92. The maximum atomic E-state index is 13.2. The van der Waals surface area contributed by atoms with Crippen LogP contribution in [0.1, 0.15) is 27.3 Å². The van der Waals surface area contributed by atoms with Crippen molar-refractivity contribution in [2.24, 2.45) is 0 Å². The molecule has 174 valence electrons. The molecule has 2 atom stereocenters. The average Bonchev–Trinajstić information content (AvgIpc) is 3.21. The third kappa shape index (κ3) is 4.27. The zero-order valence-electron chi connectivity index (χ0n) is 18.0. The normalized spacial score (nSPS) is 21.8. The lowest BCUT2D eigenvalue weighted by Crippen LogP contribution is -3.10. The molecule has 2 aromatic carbocycles. The molecule has 0 radical (unpaired) electrons. The first-order chi connectivity index (χ1) is 15.7. The maximum Gasteiger partial charge on any atom is 0.282 e. The summed E-state index contributed by atoms with van der Waals surface area (Å²) in [5, 5.41) is 14.8. The molecule has 1 N–H and O–H groups in total. The number of hydrogen-bond donors (Lipinski definition) is 1. The lowest BCUT2D eigenvalue weighted by Gasteiger charge is -2.33. The zero-order valence-corrected chi connectivity index (χ0v) is 20.3. The predicted octanol–water partition coefficient (Wildman–Crippen LogP) is 1.92. The van der Waals surface area contributed by atoms with E-state index in [0.717, 1.165) is 21.3 Å². The number of thiazole rings is 1. The minimum Gasteiger partial charge on any atom is -0.634 e. The van der Waals surface area contributed by atoms with Crippen molar-refractivity contribution in [3.05, 3.63) is 62.2 Å². The van der Waals surface area contributed by atoms with Crippen molar-refractivity contribution < 1.29 is 18.3 Å². The Labute approximate surface area is 201 Å². The van der Waals surface area contributed by atoms with E-state index in [1.165, 1.54) is 15.6 Å². The number of amides is 1. The highest BCUT2D eigenvalue weighted by atomic mass is 35.5. The summed E-state index contributed by atoms with van der Waals surface area (Å²) in [6.45, 7) is 3.24. The first-order valence-electron chi connectivity index (χ1n) is 10.7. The first-order valence-corrected chi connectivity index (χ1v) is 13.4. The Morgan fingerprint density at radius 2 is 1.85 bits per heavy atom. The van der Waals surface area contributed by atoms with Crippen LogP contribution in [0.15, 0.2) is 41.3 Å². The number of benzene rings is 2. The second-order valence-corrected chi connectivity index (χ2v) is 11.9. The van der Waals surface area contributed by atoms with Crippen LogP contribution in [0.4, 0.5) is 0 Å². The fraction of sp³-hybridized carbons (Fsp3) is 0.364. The van der Waals surface area contributed by atoms with Gasteiger partial charge in [0.25, 0.3) is 5.91 Å². The number of hydroxylamine groups is 2. The average molecular weight is 507 g/mol. The van der Waals surface area contributed by atoms with Crippen molar-refractivity contribution in [3.8, 4) is 0 Å². The van der Waals surface area contributed by atoms with Gasteiger partial charge in [0.15, 0.2) is 5.01 Å². The molecule has 33 heavy (non-hydrogen) atoms. The Balaban J connectivity index is 1.28. The number of nitrogens with one attached hydrogen (secondary N) is 1. The van der Waals surface area contributed by atoms with E-state index in [1.54, 1.807) is 41.3 Å². The summed E-state index contributed by atoms with van der Waals surface area (Å²) < 4.78 is 27.8. The largest absolute Gasteiger partial charge is 0.634 e. The quantitative estimate of drug-likeness (QED) is 0.547. The number of piperazine rings is 1. The van der Waals surface area contributed by atoms with Crippen LogP contribution in [0.2, 0.25) is 5.02 Å². The molecule has 5 rings (SSSR count). The van der Waals surface area contributed by atoms with Crippen LogP contribution in [-0.2, 0) is 23.0 Å². The highest BCUT2D eigenvalue weighted by Gasteiger charge is 2.33. The molecule has 0 spiro atoms. The van der Waals surface area contributed by atoms with E-state index in [2.05, 4.69) is 4.98 Å². The van der Waals surface area contributed by atoms with E-state index in [9.17, 15) is 18.4 Å². The molecule has 3 heterocycles. The van der Waals surface area contributed by atoms with Gasteiger partial charge in [0, 0.05) is 37.6 Å². The van der Waals surface area contributed by atoms with E-state index in [1.807, 2.05) is 6.92 Å². The van der Waals surface area contributed by atoms with E-state index in [4.69, 9.17) is 11.6 Å². The van der Waals surface area contributed by atoms with Crippen molar-refractivity contribution in [2.75, 3.05) is 26.2 Å². The number of rotatable bonds is 3. The van der Waals surface area contributed by atoms with Gasteiger partial charge in [-0.05, 0) is 42.0 Å². The van der Waals surface area contributed by atoms with E-state index in [0.29, 0.717) is 36.1 Å².